The van der Waals surface area contributed by atoms with Gasteiger partial charge < -0.3 is 18.8 Å². The fourth-order valence-corrected chi connectivity index (χ4v) is 2.71. The summed E-state index contributed by atoms with van der Waals surface area (Å²) in [7, 11) is 4.54. The number of hydrogen-bond donors (Lipinski definition) is 1. The Labute approximate surface area is 168 Å². The van der Waals surface area contributed by atoms with Crippen LogP contribution in [0.5, 0.6) is 11.5 Å². The Hall–Kier alpha value is -3.64. The highest BCUT2D eigenvalue weighted by molar-refractivity contribution is 5.85. The van der Waals surface area contributed by atoms with E-state index >= 15 is 0 Å². The number of carbonyl (C=O) groups is 1. The van der Waals surface area contributed by atoms with Crippen molar-refractivity contribution in [1.29, 1.82) is 5.26 Å². The summed E-state index contributed by atoms with van der Waals surface area (Å²) >= 11 is 0. The van der Waals surface area contributed by atoms with Crippen molar-refractivity contribution >= 4 is 12.1 Å². The van der Waals surface area contributed by atoms with Gasteiger partial charge in [-0.2, -0.15) is 10.4 Å². The number of nitrogens with one attached hydrogen (secondary N) is 1. The Morgan fingerprint density at radius 2 is 2.03 bits per heavy atom. The molecule has 0 saturated carbocycles. The minimum absolute atomic E-state index is 0.0464. The maximum atomic E-state index is 12.5. The topological polar surface area (TPSA) is 115 Å². The molecule has 1 N–H and O–H groups in total. The molecular formula is C20H22N4O5. The zero-order valence-electron chi connectivity index (χ0n) is 16.7. The van der Waals surface area contributed by atoms with Crippen LogP contribution < -0.4 is 20.5 Å². The van der Waals surface area contributed by atoms with Crippen LogP contribution in [-0.4, -0.2) is 38.0 Å². The van der Waals surface area contributed by atoms with Crippen molar-refractivity contribution in [2.75, 3.05) is 21.3 Å². The monoisotopic (exact) mass is 398 g/mol. The first kappa shape index (κ1) is 21.7. The summed E-state index contributed by atoms with van der Waals surface area (Å²) in [6.45, 7) is 1.54. The van der Waals surface area contributed by atoms with Gasteiger partial charge in [-0.1, -0.05) is 0 Å². The molecule has 1 aromatic heterocycles. The summed E-state index contributed by atoms with van der Waals surface area (Å²) in [5.41, 5.74) is 3.40. The highest BCUT2D eigenvalue weighted by atomic mass is 16.5. The highest BCUT2D eigenvalue weighted by Crippen LogP contribution is 2.22. The number of aryl methyl sites for hydroxylation is 1. The fourth-order valence-electron chi connectivity index (χ4n) is 2.71. The predicted octanol–water partition coefficient (Wildman–Crippen LogP) is 1.34. The first-order valence-corrected chi connectivity index (χ1v) is 8.61. The number of ether oxygens (including phenoxy) is 3. The van der Waals surface area contributed by atoms with Gasteiger partial charge in [0.15, 0.2) is 0 Å². The van der Waals surface area contributed by atoms with Gasteiger partial charge in [-0.05, 0) is 31.2 Å². The Balaban J connectivity index is 2.17. The van der Waals surface area contributed by atoms with E-state index in [-0.39, 0.29) is 18.7 Å². The Kier molecular flexibility index (Phi) is 7.51. The lowest BCUT2D eigenvalue weighted by atomic mass is 10.1. The first-order valence-electron chi connectivity index (χ1n) is 8.61. The Bertz CT molecular complexity index is 1020. The zero-order valence-corrected chi connectivity index (χ0v) is 16.7. The molecule has 1 aromatic carbocycles. The molecule has 2 rings (SSSR count). The van der Waals surface area contributed by atoms with E-state index < -0.39 is 11.5 Å². The average Bonchev–Trinajstić information content (AvgIpc) is 2.71. The molecule has 2 aromatic rings. The summed E-state index contributed by atoms with van der Waals surface area (Å²) in [6, 6.07) is 8.69. The van der Waals surface area contributed by atoms with Crippen LogP contribution in [0.3, 0.4) is 0 Å². The number of carbonyl (C=O) groups excluding carboxylic acids is 1. The second-order valence-electron chi connectivity index (χ2n) is 6.02. The molecule has 0 atom stereocenters. The lowest BCUT2D eigenvalue weighted by molar-refractivity contribution is -0.121. The molecule has 1 heterocycles. The van der Waals surface area contributed by atoms with E-state index in [1.165, 1.54) is 32.1 Å². The van der Waals surface area contributed by atoms with Crippen LogP contribution in [0.4, 0.5) is 0 Å². The summed E-state index contributed by atoms with van der Waals surface area (Å²) < 4.78 is 16.6. The van der Waals surface area contributed by atoms with E-state index in [1.807, 2.05) is 6.07 Å². The number of nitriles is 1. The Morgan fingerprint density at radius 1 is 1.28 bits per heavy atom. The van der Waals surface area contributed by atoms with Crippen LogP contribution in [0.1, 0.15) is 22.4 Å². The van der Waals surface area contributed by atoms with Crippen molar-refractivity contribution in [3.63, 3.8) is 0 Å². The maximum absolute atomic E-state index is 12.5. The summed E-state index contributed by atoms with van der Waals surface area (Å²) in [5.74, 6) is 0.654. The van der Waals surface area contributed by atoms with Crippen molar-refractivity contribution in [1.82, 2.24) is 9.99 Å². The number of pyridine rings is 1. The summed E-state index contributed by atoms with van der Waals surface area (Å²) in [4.78, 5) is 24.8. The van der Waals surface area contributed by atoms with Crippen LogP contribution in [0.25, 0.3) is 0 Å². The quantitative estimate of drug-likeness (QED) is 0.530. The number of benzene rings is 1. The van der Waals surface area contributed by atoms with Crippen molar-refractivity contribution in [2.24, 2.45) is 5.10 Å². The molecule has 0 radical (unpaired) electrons. The number of rotatable bonds is 8. The van der Waals surface area contributed by atoms with Gasteiger partial charge in [0.1, 0.15) is 29.7 Å². The normalized spacial score (nSPS) is 10.6. The minimum Gasteiger partial charge on any atom is -0.497 e. The van der Waals surface area contributed by atoms with Crippen LogP contribution in [0, 0.1) is 18.3 Å². The molecule has 1 amide bonds. The average molecular weight is 398 g/mol. The molecule has 0 fully saturated rings. The Morgan fingerprint density at radius 3 is 2.66 bits per heavy atom. The first-order chi connectivity index (χ1) is 13.9. The van der Waals surface area contributed by atoms with Crippen molar-refractivity contribution in [3.8, 4) is 17.6 Å². The third-order valence-electron chi connectivity index (χ3n) is 4.13. The van der Waals surface area contributed by atoms with E-state index in [1.54, 1.807) is 31.2 Å². The number of amides is 1. The van der Waals surface area contributed by atoms with Crippen molar-refractivity contribution < 1.29 is 19.0 Å². The second-order valence-corrected chi connectivity index (χ2v) is 6.02. The minimum atomic E-state index is -0.548. The lowest BCUT2D eigenvalue weighted by Gasteiger charge is -2.12. The van der Waals surface area contributed by atoms with Crippen LogP contribution in [0.2, 0.25) is 0 Å². The molecule has 0 spiro atoms. The number of hydrazone groups is 1. The van der Waals surface area contributed by atoms with E-state index in [2.05, 4.69) is 10.5 Å². The van der Waals surface area contributed by atoms with Gasteiger partial charge in [-0.25, -0.2) is 5.43 Å². The molecule has 29 heavy (non-hydrogen) atoms. The van der Waals surface area contributed by atoms with Crippen LogP contribution in [-0.2, 0) is 22.7 Å². The van der Waals surface area contributed by atoms with Crippen molar-refractivity contribution in [3.05, 3.63) is 57.0 Å². The number of hydrogen-bond acceptors (Lipinski definition) is 7. The van der Waals surface area contributed by atoms with Gasteiger partial charge in [-0.15, -0.1) is 0 Å². The van der Waals surface area contributed by atoms with Gasteiger partial charge in [0, 0.05) is 23.9 Å². The van der Waals surface area contributed by atoms with Gasteiger partial charge >= 0.3 is 0 Å². The van der Waals surface area contributed by atoms with Gasteiger partial charge in [0.25, 0.3) is 11.5 Å². The molecule has 0 unspecified atom stereocenters. The summed E-state index contributed by atoms with van der Waals surface area (Å²) in [6.07, 6.45) is 1.41. The summed E-state index contributed by atoms with van der Waals surface area (Å²) in [5, 5.41) is 13.2. The molecule has 0 saturated heterocycles. The van der Waals surface area contributed by atoms with E-state index in [0.717, 1.165) is 0 Å². The molecule has 9 nitrogen and oxygen atoms in total. The predicted molar refractivity (Wildman–Crippen MR) is 106 cm³/mol. The molecule has 0 aliphatic carbocycles. The van der Waals surface area contributed by atoms with Crippen molar-refractivity contribution in [2.45, 2.75) is 20.1 Å². The molecule has 152 valence electrons. The third kappa shape index (κ3) is 5.21. The van der Waals surface area contributed by atoms with Crippen LogP contribution in [0.15, 0.2) is 34.2 Å². The van der Waals surface area contributed by atoms with Gasteiger partial charge in [0.05, 0.1) is 27.0 Å². The fraction of sp³-hybridized carbons (Fsp3) is 0.300. The zero-order chi connectivity index (χ0) is 21.4. The van der Waals surface area contributed by atoms with E-state index in [9.17, 15) is 14.9 Å². The van der Waals surface area contributed by atoms with E-state index in [4.69, 9.17) is 14.2 Å². The van der Waals surface area contributed by atoms with Gasteiger partial charge in [0.2, 0.25) is 0 Å². The second kappa shape index (κ2) is 10.1. The molecule has 9 heteroatoms. The molecule has 0 bridgehead atoms. The largest absolute Gasteiger partial charge is 0.497 e. The molecular weight excluding hydrogens is 376 g/mol. The SMILES string of the molecule is COCc1cc(C)n(CC(=O)N/N=C\c2cc(OC)ccc2OC)c(=O)c1C#N. The third-order valence-corrected chi connectivity index (χ3v) is 4.13. The number of methoxy groups -OCH3 is 3. The van der Waals surface area contributed by atoms with Crippen LogP contribution >= 0.6 is 0 Å². The van der Waals surface area contributed by atoms with Gasteiger partial charge in [-0.3, -0.25) is 9.59 Å². The lowest BCUT2D eigenvalue weighted by Crippen LogP contribution is -2.33. The standard InChI is InChI=1S/C20H22N4O5/c1-13-7-15(12-27-2)17(9-21)20(26)24(13)11-19(25)23-22-10-14-8-16(28-3)5-6-18(14)29-4/h5-8,10H,11-12H2,1-4H3,(H,23,25)/b22-10-. The molecule has 0 aliphatic rings. The highest BCUT2D eigenvalue weighted by Gasteiger charge is 2.14. The smallest absolute Gasteiger partial charge is 0.269 e. The number of nitrogens with zero attached hydrogens (tertiary/aromatic N) is 3. The maximum Gasteiger partial charge on any atom is 0.269 e. The number of aromatic nitrogens is 1. The molecule has 0 aliphatic heterocycles. The van der Waals surface area contributed by atoms with E-state index in [0.29, 0.717) is 28.3 Å².